The van der Waals surface area contributed by atoms with Crippen LogP contribution in [-0.2, 0) is 0 Å². The van der Waals surface area contributed by atoms with Gasteiger partial charge in [-0.1, -0.05) is 0 Å². The van der Waals surface area contributed by atoms with Crippen molar-refractivity contribution < 1.29 is 9.47 Å². The van der Waals surface area contributed by atoms with E-state index in [0.717, 1.165) is 0 Å². The summed E-state index contributed by atoms with van der Waals surface area (Å²) in [4.78, 5) is 7.60. The maximum atomic E-state index is 5.34. The van der Waals surface area contributed by atoms with Crippen molar-refractivity contribution in [2.45, 2.75) is 6.92 Å². The Balaban J connectivity index is 2.94. The third kappa shape index (κ3) is 1.75. The largest absolute Gasteiger partial charge is 0.487 e. The van der Waals surface area contributed by atoms with Crippen LogP contribution in [0.25, 0.3) is 0 Å². The van der Waals surface area contributed by atoms with Crippen molar-refractivity contribution in [3.8, 4) is 11.6 Å². The molecule has 66 valence electrons. The number of hydrogen-bond donors (Lipinski definition) is 1. The van der Waals surface area contributed by atoms with Crippen LogP contribution >= 0.6 is 0 Å². The first-order valence-corrected chi connectivity index (χ1v) is 3.57. The van der Waals surface area contributed by atoms with Gasteiger partial charge in [0.1, 0.15) is 0 Å². The Bertz CT molecular complexity index is 265. The molecule has 0 amide bonds. The SMILES string of the molecule is CCOc1cnc(N)nc1OC. The molecular formula is C7H11N3O2. The number of nitrogens with two attached hydrogens (primary N) is 1. The number of hydrogen-bond acceptors (Lipinski definition) is 5. The number of methoxy groups -OCH3 is 1. The minimum Gasteiger partial charge on any atom is -0.487 e. The number of nitrogen functional groups attached to an aromatic ring is 1. The molecule has 0 unspecified atom stereocenters. The number of aromatic nitrogens is 2. The maximum absolute atomic E-state index is 5.34. The Labute approximate surface area is 70.5 Å². The van der Waals surface area contributed by atoms with E-state index in [1.54, 1.807) is 0 Å². The molecule has 0 aliphatic heterocycles. The highest BCUT2D eigenvalue weighted by Crippen LogP contribution is 2.22. The molecule has 0 bridgehead atoms. The van der Waals surface area contributed by atoms with E-state index in [4.69, 9.17) is 15.2 Å². The van der Waals surface area contributed by atoms with E-state index in [2.05, 4.69) is 9.97 Å². The van der Waals surface area contributed by atoms with Gasteiger partial charge in [-0.05, 0) is 6.92 Å². The Kier molecular flexibility index (Phi) is 2.68. The second kappa shape index (κ2) is 3.75. The average molecular weight is 169 g/mol. The molecule has 0 saturated heterocycles. The molecule has 1 rings (SSSR count). The first-order valence-electron chi connectivity index (χ1n) is 3.57. The van der Waals surface area contributed by atoms with Crippen LogP contribution in [0.2, 0.25) is 0 Å². The fraction of sp³-hybridized carbons (Fsp3) is 0.429. The van der Waals surface area contributed by atoms with Crippen molar-refractivity contribution in [3.05, 3.63) is 6.20 Å². The third-order valence-corrected chi connectivity index (χ3v) is 1.23. The zero-order chi connectivity index (χ0) is 8.97. The van der Waals surface area contributed by atoms with Gasteiger partial charge >= 0.3 is 0 Å². The van der Waals surface area contributed by atoms with E-state index in [1.165, 1.54) is 13.3 Å². The Morgan fingerprint density at radius 3 is 2.92 bits per heavy atom. The molecule has 5 nitrogen and oxygen atoms in total. The molecule has 0 spiro atoms. The Hall–Kier alpha value is -1.52. The van der Waals surface area contributed by atoms with Crippen LogP contribution in [0, 0.1) is 0 Å². The van der Waals surface area contributed by atoms with Gasteiger partial charge in [-0.3, -0.25) is 0 Å². The van der Waals surface area contributed by atoms with Crippen LogP contribution in [0.4, 0.5) is 5.95 Å². The molecule has 1 aromatic heterocycles. The normalized spacial score (nSPS) is 9.50. The molecule has 5 heteroatoms. The molecule has 0 saturated carbocycles. The number of anilines is 1. The van der Waals surface area contributed by atoms with Crippen LogP contribution in [0.3, 0.4) is 0 Å². The van der Waals surface area contributed by atoms with Crippen molar-refractivity contribution in [1.29, 1.82) is 0 Å². The summed E-state index contributed by atoms with van der Waals surface area (Å²) >= 11 is 0. The predicted octanol–water partition coefficient (Wildman–Crippen LogP) is 0.466. The summed E-state index contributed by atoms with van der Waals surface area (Å²) in [5.74, 6) is 1.05. The van der Waals surface area contributed by atoms with Crippen molar-refractivity contribution >= 4 is 5.95 Å². The number of nitrogens with zero attached hydrogens (tertiary/aromatic N) is 2. The second-order valence-electron chi connectivity index (χ2n) is 2.03. The van der Waals surface area contributed by atoms with E-state index < -0.39 is 0 Å². The number of ether oxygens (including phenoxy) is 2. The van der Waals surface area contributed by atoms with Crippen molar-refractivity contribution in [3.63, 3.8) is 0 Å². The van der Waals surface area contributed by atoms with Crippen molar-refractivity contribution in [1.82, 2.24) is 9.97 Å². The van der Waals surface area contributed by atoms with Crippen LogP contribution in [0.15, 0.2) is 6.20 Å². The summed E-state index contributed by atoms with van der Waals surface area (Å²) in [5.41, 5.74) is 5.34. The van der Waals surface area contributed by atoms with Gasteiger partial charge in [0.05, 0.1) is 19.9 Å². The van der Waals surface area contributed by atoms with Crippen LogP contribution in [-0.4, -0.2) is 23.7 Å². The maximum Gasteiger partial charge on any atom is 0.261 e. The molecule has 2 N–H and O–H groups in total. The monoisotopic (exact) mass is 169 g/mol. The summed E-state index contributed by atoms with van der Waals surface area (Å²) in [5, 5.41) is 0. The fourth-order valence-corrected chi connectivity index (χ4v) is 0.769. The van der Waals surface area contributed by atoms with Gasteiger partial charge in [0.2, 0.25) is 5.95 Å². The highest BCUT2D eigenvalue weighted by atomic mass is 16.5. The third-order valence-electron chi connectivity index (χ3n) is 1.23. The molecular weight excluding hydrogens is 158 g/mol. The first-order chi connectivity index (χ1) is 5.77. The van der Waals surface area contributed by atoms with E-state index in [0.29, 0.717) is 18.2 Å². The van der Waals surface area contributed by atoms with Gasteiger partial charge in [-0.15, -0.1) is 0 Å². The van der Waals surface area contributed by atoms with Crippen molar-refractivity contribution in [2.24, 2.45) is 0 Å². The highest BCUT2D eigenvalue weighted by Gasteiger charge is 2.05. The van der Waals surface area contributed by atoms with Gasteiger partial charge < -0.3 is 15.2 Å². The van der Waals surface area contributed by atoms with E-state index in [1.807, 2.05) is 6.92 Å². The lowest BCUT2D eigenvalue weighted by Gasteiger charge is -2.06. The predicted molar refractivity (Wildman–Crippen MR) is 44.2 cm³/mol. The molecule has 0 atom stereocenters. The first kappa shape index (κ1) is 8.58. The lowest BCUT2D eigenvalue weighted by Crippen LogP contribution is -2.01. The average Bonchev–Trinajstić information content (AvgIpc) is 2.08. The molecule has 1 heterocycles. The smallest absolute Gasteiger partial charge is 0.261 e. The summed E-state index contributed by atoms with van der Waals surface area (Å²) in [6.45, 7) is 2.42. The lowest BCUT2D eigenvalue weighted by molar-refractivity contribution is 0.302. The minimum atomic E-state index is 0.176. The van der Waals surface area contributed by atoms with Crippen LogP contribution in [0.5, 0.6) is 11.6 Å². The standard InChI is InChI=1S/C7H11N3O2/c1-3-12-5-4-9-7(8)10-6(5)11-2/h4H,3H2,1-2H3,(H2,8,9,10). The fourth-order valence-electron chi connectivity index (χ4n) is 0.769. The van der Waals surface area contributed by atoms with Crippen LogP contribution < -0.4 is 15.2 Å². The van der Waals surface area contributed by atoms with Crippen molar-refractivity contribution in [2.75, 3.05) is 19.5 Å². The topological polar surface area (TPSA) is 70.3 Å². The molecule has 0 aromatic carbocycles. The Morgan fingerprint density at radius 1 is 1.58 bits per heavy atom. The van der Waals surface area contributed by atoms with Gasteiger partial charge in [0, 0.05) is 0 Å². The van der Waals surface area contributed by atoms with Gasteiger partial charge in [-0.2, -0.15) is 4.98 Å². The lowest BCUT2D eigenvalue weighted by atomic mass is 10.5. The zero-order valence-electron chi connectivity index (χ0n) is 7.07. The quantitative estimate of drug-likeness (QED) is 0.712. The summed E-state index contributed by atoms with van der Waals surface area (Å²) < 4.78 is 10.1. The summed E-state index contributed by atoms with van der Waals surface area (Å²) in [7, 11) is 1.50. The Morgan fingerprint density at radius 2 is 2.33 bits per heavy atom. The molecule has 0 aliphatic carbocycles. The molecule has 12 heavy (non-hydrogen) atoms. The van der Waals surface area contributed by atoms with E-state index in [-0.39, 0.29) is 5.95 Å². The van der Waals surface area contributed by atoms with E-state index >= 15 is 0 Å². The van der Waals surface area contributed by atoms with Crippen LogP contribution in [0.1, 0.15) is 6.92 Å². The number of rotatable bonds is 3. The van der Waals surface area contributed by atoms with Gasteiger partial charge in [0.25, 0.3) is 5.88 Å². The second-order valence-corrected chi connectivity index (χ2v) is 2.03. The molecule has 0 aliphatic rings. The highest BCUT2D eigenvalue weighted by molar-refractivity contribution is 5.35. The zero-order valence-corrected chi connectivity index (χ0v) is 7.07. The van der Waals surface area contributed by atoms with Gasteiger partial charge in [-0.25, -0.2) is 4.98 Å². The molecule has 0 fully saturated rings. The summed E-state index contributed by atoms with van der Waals surface area (Å²) in [6.07, 6.45) is 1.49. The molecule has 1 aromatic rings. The minimum absolute atomic E-state index is 0.176. The summed E-state index contributed by atoms with van der Waals surface area (Å²) in [6, 6.07) is 0. The van der Waals surface area contributed by atoms with E-state index in [9.17, 15) is 0 Å². The van der Waals surface area contributed by atoms with Gasteiger partial charge in [0.15, 0.2) is 5.75 Å². The molecule has 0 radical (unpaired) electrons.